The average Bonchev–Trinajstić information content (AvgIpc) is 2.33. The zero-order valence-corrected chi connectivity index (χ0v) is 10.3. The van der Waals surface area contributed by atoms with Crippen LogP contribution < -0.4 is 0 Å². The smallest absolute Gasteiger partial charge is 0.173 e. The van der Waals surface area contributed by atoms with Gasteiger partial charge in [0.1, 0.15) is 5.78 Å². The van der Waals surface area contributed by atoms with Crippen molar-refractivity contribution >= 4 is 11.6 Å². The van der Waals surface area contributed by atoms with Gasteiger partial charge in [-0.3, -0.25) is 14.6 Å². The van der Waals surface area contributed by atoms with Gasteiger partial charge in [0.15, 0.2) is 5.78 Å². The van der Waals surface area contributed by atoms with E-state index in [2.05, 4.69) is 4.98 Å². The summed E-state index contributed by atoms with van der Waals surface area (Å²) in [5.41, 5.74) is 0.238. The molecule has 0 N–H and O–H groups in total. The summed E-state index contributed by atoms with van der Waals surface area (Å²) in [4.78, 5) is 28.4. The van der Waals surface area contributed by atoms with Gasteiger partial charge in [0.2, 0.25) is 0 Å². The van der Waals surface area contributed by atoms with Gasteiger partial charge in [-0.1, -0.05) is 20.3 Å². The van der Waals surface area contributed by atoms with E-state index in [1.807, 2.05) is 13.8 Å². The van der Waals surface area contributed by atoms with Crippen LogP contribution in [0, 0.1) is 11.3 Å². The molecule has 0 aliphatic heterocycles. The van der Waals surface area contributed by atoms with E-state index in [1.165, 1.54) is 0 Å². The lowest BCUT2D eigenvalue weighted by Crippen LogP contribution is -2.39. The van der Waals surface area contributed by atoms with Gasteiger partial charge in [-0.05, 0) is 25.0 Å². The Balaban J connectivity index is 2.23. The number of aromatic nitrogens is 1. The molecule has 90 valence electrons. The van der Waals surface area contributed by atoms with Crippen molar-refractivity contribution in [3.63, 3.8) is 0 Å². The Hall–Kier alpha value is -1.51. The highest BCUT2D eigenvalue weighted by atomic mass is 16.2. The third kappa shape index (κ3) is 2.28. The van der Waals surface area contributed by atoms with Crippen molar-refractivity contribution in [1.82, 2.24) is 4.98 Å². The SMILES string of the molecule is CC1(C)CCCC(C(=O)c2ccncc2)C1=O. The molecule has 17 heavy (non-hydrogen) atoms. The van der Waals surface area contributed by atoms with Crippen molar-refractivity contribution in [3.8, 4) is 0 Å². The van der Waals surface area contributed by atoms with Crippen LogP contribution in [0.15, 0.2) is 24.5 Å². The third-order valence-corrected chi connectivity index (χ3v) is 3.56. The molecule has 0 radical (unpaired) electrons. The maximum absolute atomic E-state index is 12.2. The second kappa shape index (κ2) is 4.40. The van der Waals surface area contributed by atoms with Crippen LogP contribution in [0.1, 0.15) is 43.5 Å². The van der Waals surface area contributed by atoms with Crippen molar-refractivity contribution < 1.29 is 9.59 Å². The van der Waals surface area contributed by atoms with Gasteiger partial charge in [0, 0.05) is 23.4 Å². The first-order valence-corrected chi connectivity index (χ1v) is 6.01. The molecule has 3 heteroatoms. The lowest BCUT2D eigenvalue weighted by molar-refractivity contribution is -0.132. The zero-order valence-electron chi connectivity index (χ0n) is 10.3. The number of ketones is 2. The summed E-state index contributed by atoms with van der Waals surface area (Å²) in [5.74, 6) is -0.420. The number of carbonyl (C=O) groups excluding carboxylic acids is 2. The summed E-state index contributed by atoms with van der Waals surface area (Å²) in [6, 6.07) is 3.36. The molecule has 1 unspecified atom stereocenters. The monoisotopic (exact) mass is 231 g/mol. The van der Waals surface area contributed by atoms with Gasteiger partial charge in [0.25, 0.3) is 0 Å². The predicted octanol–water partition coefficient (Wildman–Crippen LogP) is 2.66. The minimum absolute atomic E-state index is 0.0508. The number of carbonyl (C=O) groups is 2. The molecule has 0 amide bonds. The van der Waals surface area contributed by atoms with Crippen LogP contribution in [0.4, 0.5) is 0 Å². The Kier molecular flexibility index (Phi) is 3.09. The van der Waals surface area contributed by atoms with E-state index >= 15 is 0 Å². The van der Waals surface area contributed by atoms with Crippen molar-refractivity contribution in [2.75, 3.05) is 0 Å². The van der Waals surface area contributed by atoms with Gasteiger partial charge < -0.3 is 0 Å². The summed E-state index contributed by atoms with van der Waals surface area (Å²) < 4.78 is 0. The van der Waals surface area contributed by atoms with Crippen LogP contribution in [0.3, 0.4) is 0 Å². The van der Waals surface area contributed by atoms with Crippen LogP contribution in [-0.4, -0.2) is 16.6 Å². The fraction of sp³-hybridized carbons (Fsp3) is 0.500. The van der Waals surface area contributed by atoms with Gasteiger partial charge >= 0.3 is 0 Å². The molecule has 1 aromatic rings. The van der Waals surface area contributed by atoms with E-state index in [9.17, 15) is 9.59 Å². The van der Waals surface area contributed by atoms with Crippen LogP contribution in [0.25, 0.3) is 0 Å². The van der Waals surface area contributed by atoms with E-state index in [0.717, 1.165) is 12.8 Å². The fourth-order valence-corrected chi connectivity index (χ4v) is 2.44. The van der Waals surface area contributed by atoms with Crippen molar-refractivity contribution in [2.45, 2.75) is 33.1 Å². The first kappa shape index (κ1) is 12.0. The molecule has 1 fully saturated rings. The molecule has 1 heterocycles. The minimum atomic E-state index is -0.457. The molecule has 1 saturated carbocycles. The number of hydrogen-bond acceptors (Lipinski definition) is 3. The van der Waals surface area contributed by atoms with Crippen molar-refractivity contribution in [2.24, 2.45) is 11.3 Å². The molecule has 0 bridgehead atoms. The first-order chi connectivity index (χ1) is 8.02. The standard InChI is InChI=1S/C14H17NO2/c1-14(2)7-3-4-11(13(14)17)12(16)10-5-8-15-9-6-10/h5-6,8-9,11H,3-4,7H2,1-2H3. The van der Waals surface area contributed by atoms with E-state index < -0.39 is 5.92 Å². The van der Waals surface area contributed by atoms with Gasteiger partial charge in [-0.15, -0.1) is 0 Å². The number of hydrogen-bond donors (Lipinski definition) is 0. The topological polar surface area (TPSA) is 47.0 Å². The largest absolute Gasteiger partial charge is 0.298 e. The van der Waals surface area contributed by atoms with E-state index in [1.54, 1.807) is 24.5 Å². The summed E-state index contributed by atoms with van der Waals surface area (Å²) >= 11 is 0. The van der Waals surface area contributed by atoms with Crippen LogP contribution >= 0.6 is 0 Å². The summed E-state index contributed by atoms with van der Waals surface area (Å²) in [6.07, 6.45) is 5.69. The summed E-state index contributed by atoms with van der Waals surface area (Å²) in [5, 5.41) is 0. The average molecular weight is 231 g/mol. The second-order valence-electron chi connectivity index (χ2n) is 5.29. The Morgan fingerprint density at radius 3 is 2.65 bits per heavy atom. The molecule has 2 rings (SSSR count). The number of rotatable bonds is 2. The predicted molar refractivity (Wildman–Crippen MR) is 64.7 cm³/mol. The van der Waals surface area contributed by atoms with E-state index in [0.29, 0.717) is 12.0 Å². The minimum Gasteiger partial charge on any atom is -0.298 e. The highest BCUT2D eigenvalue weighted by molar-refractivity contribution is 6.12. The zero-order chi connectivity index (χ0) is 12.5. The van der Waals surface area contributed by atoms with Gasteiger partial charge in [-0.2, -0.15) is 0 Å². The molecule has 0 saturated heterocycles. The molecule has 0 spiro atoms. The molecule has 0 aromatic carbocycles. The molecule has 1 atom stereocenters. The maximum Gasteiger partial charge on any atom is 0.173 e. The van der Waals surface area contributed by atoms with Crippen molar-refractivity contribution in [3.05, 3.63) is 30.1 Å². The second-order valence-corrected chi connectivity index (χ2v) is 5.29. The first-order valence-electron chi connectivity index (χ1n) is 6.01. The molecule has 1 aromatic heterocycles. The molecular weight excluding hydrogens is 214 g/mol. The number of nitrogens with zero attached hydrogens (tertiary/aromatic N) is 1. The molecule has 3 nitrogen and oxygen atoms in total. The number of pyridine rings is 1. The van der Waals surface area contributed by atoms with Crippen LogP contribution in [-0.2, 0) is 4.79 Å². The maximum atomic E-state index is 12.2. The molecule has 1 aliphatic rings. The van der Waals surface area contributed by atoms with E-state index in [-0.39, 0.29) is 17.0 Å². The lowest BCUT2D eigenvalue weighted by Gasteiger charge is -2.32. The summed E-state index contributed by atoms with van der Waals surface area (Å²) in [7, 11) is 0. The Bertz CT molecular complexity index is 437. The highest BCUT2D eigenvalue weighted by Gasteiger charge is 2.40. The highest BCUT2D eigenvalue weighted by Crippen LogP contribution is 2.36. The molecular formula is C14H17NO2. The summed E-state index contributed by atoms with van der Waals surface area (Å²) in [6.45, 7) is 3.86. The van der Waals surface area contributed by atoms with Crippen LogP contribution in [0.5, 0.6) is 0 Å². The van der Waals surface area contributed by atoms with Gasteiger partial charge in [0.05, 0.1) is 5.92 Å². The van der Waals surface area contributed by atoms with Crippen LogP contribution in [0.2, 0.25) is 0 Å². The normalized spacial score (nSPS) is 23.4. The number of Topliss-reactive ketones (excluding diaryl/α,β-unsaturated/α-hetero) is 2. The fourth-order valence-electron chi connectivity index (χ4n) is 2.44. The Morgan fingerprint density at radius 2 is 2.00 bits per heavy atom. The van der Waals surface area contributed by atoms with Gasteiger partial charge in [-0.25, -0.2) is 0 Å². The third-order valence-electron chi connectivity index (χ3n) is 3.56. The Morgan fingerprint density at radius 1 is 1.35 bits per heavy atom. The van der Waals surface area contributed by atoms with Crippen molar-refractivity contribution in [1.29, 1.82) is 0 Å². The quantitative estimate of drug-likeness (QED) is 0.580. The lowest BCUT2D eigenvalue weighted by atomic mass is 9.69. The van der Waals surface area contributed by atoms with E-state index in [4.69, 9.17) is 0 Å². The molecule has 1 aliphatic carbocycles. The Labute approximate surface area is 101 Å².